The number of ether oxygens (including phenoxy) is 1. The quantitative estimate of drug-likeness (QED) is 0.573. The molecule has 1 aromatic carbocycles. The molecule has 1 unspecified atom stereocenters. The number of hydrogen-bond donors (Lipinski definition) is 2. The molecule has 0 fully saturated rings. The lowest BCUT2D eigenvalue weighted by atomic mass is 10.0. The number of phenolic OH excluding ortho intramolecular Hbond substituents is 1. The Bertz CT molecular complexity index is 299. The number of aromatic hydroxyl groups is 1. The van der Waals surface area contributed by atoms with Crippen molar-refractivity contribution in [1.29, 1.82) is 0 Å². The molecular formula is C11H17NO2. The Balaban J connectivity index is 2.97. The highest BCUT2D eigenvalue weighted by Crippen LogP contribution is 2.31. The minimum absolute atomic E-state index is 0.0212. The third-order valence-corrected chi connectivity index (χ3v) is 2.20. The predicted molar refractivity (Wildman–Crippen MR) is 57.2 cm³/mol. The SMILES string of the molecule is CCOC(CC)c1cccc(O)c1N. The number of nitrogen functional groups attached to an aromatic ring is 1. The Morgan fingerprint density at radius 2 is 2.14 bits per heavy atom. The largest absolute Gasteiger partial charge is 0.506 e. The average molecular weight is 195 g/mol. The van der Waals surface area contributed by atoms with Crippen LogP contribution in [-0.2, 0) is 4.74 Å². The van der Waals surface area contributed by atoms with E-state index in [4.69, 9.17) is 10.5 Å². The molecule has 0 aliphatic carbocycles. The molecule has 3 nitrogen and oxygen atoms in total. The van der Waals surface area contributed by atoms with Gasteiger partial charge < -0.3 is 15.6 Å². The lowest BCUT2D eigenvalue weighted by molar-refractivity contribution is 0.0602. The van der Waals surface area contributed by atoms with E-state index < -0.39 is 0 Å². The zero-order valence-corrected chi connectivity index (χ0v) is 8.66. The molecule has 0 bridgehead atoms. The summed E-state index contributed by atoms with van der Waals surface area (Å²) in [7, 11) is 0. The molecule has 0 aliphatic heterocycles. The molecule has 1 aromatic rings. The summed E-state index contributed by atoms with van der Waals surface area (Å²) < 4.78 is 5.52. The van der Waals surface area contributed by atoms with Crippen molar-refractivity contribution in [2.75, 3.05) is 12.3 Å². The summed E-state index contributed by atoms with van der Waals surface area (Å²) in [6.45, 7) is 4.62. The van der Waals surface area contributed by atoms with Crippen molar-refractivity contribution in [3.05, 3.63) is 23.8 Å². The van der Waals surface area contributed by atoms with Crippen LogP contribution in [0, 0.1) is 0 Å². The Morgan fingerprint density at radius 3 is 2.71 bits per heavy atom. The van der Waals surface area contributed by atoms with Crippen LogP contribution in [0.15, 0.2) is 18.2 Å². The topological polar surface area (TPSA) is 55.5 Å². The second-order valence-electron chi connectivity index (χ2n) is 3.13. The van der Waals surface area contributed by atoms with Gasteiger partial charge in [0.2, 0.25) is 0 Å². The van der Waals surface area contributed by atoms with E-state index in [1.165, 1.54) is 0 Å². The first-order valence-corrected chi connectivity index (χ1v) is 4.89. The molecule has 0 heterocycles. The summed E-state index contributed by atoms with van der Waals surface area (Å²) in [6.07, 6.45) is 0.827. The van der Waals surface area contributed by atoms with Crippen molar-refractivity contribution in [3.63, 3.8) is 0 Å². The third kappa shape index (κ3) is 2.17. The molecule has 3 N–H and O–H groups in total. The molecule has 0 aliphatic rings. The second kappa shape index (κ2) is 4.86. The zero-order valence-electron chi connectivity index (χ0n) is 8.66. The Kier molecular flexibility index (Phi) is 3.77. The normalized spacial score (nSPS) is 12.7. The van der Waals surface area contributed by atoms with Crippen molar-refractivity contribution in [1.82, 2.24) is 0 Å². The summed E-state index contributed by atoms with van der Waals surface area (Å²) in [5.41, 5.74) is 7.05. The third-order valence-electron chi connectivity index (χ3n) is 2.20. The number of nitrogens with two attached hydrogens (primary N) is 1. The van der Waals surface area contributed by atoms with Crippen molar-refractivity contribution in [2.24, 2.45) is 0 Å². The number of benzene rings is 1. The molecule has 0 spiro atoms. The summed E-state index contributed by atoms with van der Waals surface area (Å²) >= 11 is 0. The van der Waals surface area contributed by atoms with Gasteiger partial charge in [0.1, 0.15) is 5.75 Å². The Morgan fingerprint density at radius 1 is 1.43 bits per heavy atom. The number of hydrogen-bond acceptors (Lipinski definition) is 3. The maximum atomic E-state index is 9.43. The molecule has 78 valence electrons. The van der Waals surface area contributed by atoms with Crippen LogP contribution in [0.1, 0.15) is 31.9 Å². The van der Waals surface area contributed by atoms with Gasteiger partial charge in [-0.05, 0) is 19.4 Å². The van der Waals surface area contributed by atoms with Gasteiger partial charge in [-0.15, -0.1) is 0 Å². The van der Waals surface area contributed by atoms with E-state index in [0.29, 0.717) is 12.3 Å². The highest BCUT2D eigenvalue weighted by molar-refractivity contribution is 5.58. The van der Waals surface area contributed by atoms with Crippen molar-refractivity contribution < 1.29 is 9.84 Å². The monoisotopic (exact) mass is 195 g/mol. The second-order valence-corrected chi connectivity index (χ2v) is 3.13. The van der Waals surface area contributed by atoms with Gasteiger partial charge in [0, 0.05) is 12.2 Å². The van der Waals surface area contributed by atoms with Gasteiger partial charge in [0.05, 0.1) is 11.8 Å². The van der Waals surface area contributed by atoms with Gasteiger partial charge in [-0.3, -0.25) is 0 Å². The van der Waals surface area contributed by atoms with Crippen LogP contribution in [-0.4, -0.2) is 11.7 Å². The number of phenols is 1. The van der Waals surface area contributed by atoms with Crippen LogP contribution in [0.3, 0.4) is 0 Å². The fourth-order valence-corrected chi connectivity index (χ4v) is 1.48. The minimum Gasteiger partial charge on any atom is -0.506 e. The minimum atomic E-state index is -0.0212. The zero-order chi connectivity index (χ0) is 10.6. The average Bonchev–Trinajstić information content (AvgIpc) is 2.19. The summed E-state index contributed by atoms with van der Waals surface area (Å²) in [4.78, 5) is 0. The first-order chi connectivity index (χ1) is 6.70. The van der Waals surface area contributed by atoms with Crippen molar-refractivity contribution in [3.8, 4) is 5.75 Å². The molecule has 0 aromatic heterocycles. The smallest absolute Gasteiger partial charge is 0.138 e. The van der Waals surface area contributed by atoms with Gasteiger partial charge in [-0.25, -0.2) is 0 Å². The van der Waals surface area contributed by atoms with E-state index in [-0.39, 0.29) is 11.9 Å². The van der Waals surface area contributed by atoms with Gasteiger partial charge >= 0.3 is 0 Å². The van der Waals surface area contributed by atoms with Crippen LogP contribution in [0.2, 0.25) is 0 Å². The standard InChI is InChI=1S/C11H17NO2/c1-3-10(14-4-2)8-6-5-7-9(13)11(8)12/h5-7,10,13H,3-4,12H2,1-2H3. The molecular weight excluding hydrogens is 178 g/mol. The predicted octanol–water partition coefficient (Wildman–Crippen LogP) is 2.46. The van der Waals surface area contributed by atoms with Gasteiger partial charge in [-0.2, -0.15) is 0 Å². The van der Waals surface area contributed by atoms with Crippen LogP contribution in [0.25, 0.3) is 0 Å². The van der Waals surface area contributed by atoms with E-state index in [2.05, 4.69) is 0 Å². The first-order valence-electron chi connectivity index (χ1n) is 4.89. The van der Waals surface area contributed by atoms with Crippen LogP contribution in [0.5, 0.6) is 5.75 Å². The Hall–Kier alpha value is -1.22. The van der Waals surface area contributed by atoms with E-state index in [9.17, 15) is 5.11 Å². The number of para-hydroxylation sites is 1. The number of rotatable bonds is 4. The maximum absolute atomic E-state index is 9.43. The lowest BCUT2D eigenvalue weighted by Crippen LogP contribution is -2.06. The van der Waals surface area contributed by atoms with Crippen LogP contribution in [0.4, 0.5) is 5.69 Å². The fraction of sp³-hybridized carbons (Fsp3) is 0.455. The van der Waals surface area contributed by atoms with Gasteiger partial charge in [0.25, 0.3) is 0 Å². The van der Waals surface area contributed by atoms with Gasteiger partial charge in [-0.1, -0.05) is 19.1 Å². The summed E-state index contributed by atoms with van der Waals surface area (Å²) in [5, 5.41) is 9.43. The van der Waals surface area contributed by atoms with Gasteiger partial charge in [0.15, 0.2) is 0 Å². The van der Waals surface area contributed by atoms with Crippen molar-refractivity contribution in [2.45, 2.75) is 26.4 Å². The molecule has 14 heavy (non-hydrogen) atoms. The van der Waals surface area contributed by atoms with E-state index in [0.717, 1.165) is 12.0 Å². The molecule has 0 radical (unpaired) electrons. The first kappa shape index (κ1) is 10.9. The van der Waals surface area contributed by atoms with E-state index >= 15 is 0 Å². The molecule has 0 saturated carbocycles. The molecule has 1 atom stereocenters. The highest BCUT2D eigenvalue weighted by atomic mass is 16.5. The molecule has 3 heteroatoms. The van der Waals surface area contributed by atoms with Crippen LogP contribution < -0.4 is 5.73 Å². The maximum Gasteiger partial charge on any atom is 0.138 e. The Labute approximate surface area is 84.5 Å². The summed E-state index contributed by atoms with van der Waals surface area (Å²) in [5.74, 6) is 0.126. The van der Waals surface area contributed by atoms with Crippen molar-refractivity contribution >= 4 is 5.69 Å². The highest BCUT2D eigenvalue weighted by Gasteiger charge is 2.13. The number of anilines is 1. The van der Waals surface area contributed by atoms with E-state index in [1.54, 1.807) is 12.1 Å². The van der Waals surface area contributed by atoms with E-state index in [1.807, 2.05) is 19.9 Å². The fourth-order valence-electron chi connectivity index (χ4n) is 1.48. The molecule has 1 rings (SSSR count). The van der Waals surface area contributed by atoms with Crippen LogP contribution >= 0.6 is 0 Å². The molecule has 0 amide bonds. The molecule has 0 saturated heterocycles. The summed E-state index contributed by atoms with van der Waals surface area (Å²) in [6, 6.07) is 5.25. The lowest BCUT2D eigenvalue weighted by Gasteiger charge is -2.17.